The molecule has 1 aromatic heterocycles. The molecule has 0 fully saturated rings. The standard InChI is InChI=1S/C19H17NO4/c1-19(2,3)24-18(23)14-9-12(17(21)22)10-16-13(14)8-11-6-4-5-7-15(11)20-16/h4-10H,1-3H3,(H,21,22). The third-order valence-electron chi connectivity index (χ3n) is 3.50. The average Bonchev–Trinajstić information content (AvgIpc) is 2.50. The zero-order chi connectivity index (χ0) is 17.5. The van der Waals surface area contributed by atoms with Crippen molar-refractivity contribution in [3.8, 4) is 0 Å². The molecule has 0 unspecified atom stereocenters. The summed E-state index contributed by atoms with van der Waals surface area (Å²) in [4.78, 5) is 28.4. The van der Waals surface area contributed by atoms with E-state index in [1.165, 1.54) is 12.1 Å². The molecular formula is C19H17NO4. The average molecular weight is 323 g/mol. The second-order valence-corrected chi connectivity index (χ2v) is 6.58. The lowest BCUT2D eigenvalue weighted by Crippen LogP contribution is -2.24. The predicted octanol–water partition coefficient (Wildman–Crippen LogP) is 4.04. The van der Waals surface area contributed by atoms with Crippen LogP contribution in [0.2, 0.25) is 0 Å². The van der Waals surface area contributed by atoms with Crippen LogP contribution in [0.5, 0.6) is 0 Å². The van der Waals surface area contributed by atoms with Gasteiger partial charge in [-0.2, -0.15) is 0 Å². The van der Waals surface area contributed by atoms with Crippen LogP contribution in [0, 0.1) is 0 Å². The molecule has 2 aromatic carbocycles. The minimum atomic E-state index is -1.11. The van der Waals surface area contributed by atoms with Crippen LogP contribution >= 0.6 is 0 Å². The van der Waals surface area contributed by atoms with Crippen LogP contribution in [-0.4, -0.2) is 27.6 Å². The van der Waals surface area contributed by atoms with Gasteiger partial charge in [-0.3, -0.25) is 0 Å². The highest BCUT2D eigenvalue weighted by atomic mass is 16.6. The fourth-order valence-corrected chi connectivity index (χ4v) is 2.50. The van der Waals surface area contributed by atoms with Gasteiger partial charge in [0, 0.05) is 10.8 Å². The van der Waals surface area contributed by atoms with Gasteiger partial charge in [0.1, 0.15) is 5.60 Å². The summed E-state index contributed by atoms with van der Waals surface area (Å²) < 4.78 is 5.42. The summed E-state index contributed by atoms with van der Waals surface area (Å²) in [6, 6.07) is 12.1. The van der Waals surface area contributed by atoms with E-state index in [4.69, 9.17) is 4.74 Å². The van der Waals surface area contributed by atoms with E-state index in [2.05, 4.69) is 4.98 Å². The number of benzene rings is 2. The maximum absolute atomic E-state index is 12.5. The maximum Gasteiger partial charge on any atom is 0.339 e. The lowest BCUT2D eigenvalue weighted by molar-refractivity contribution is 0.00718. The largest absolute Gasteiger partial charge is 0.478 e. The Morgan fingerprint density at radius 3 is 2.42 bits per heavy atom. The Kier molecular flexibility index (Phi) is 3.72. The Labute approximate surface area is 138 Å². The highest BCUT2D eigenvalue weighted by molar-refractivity contribution is 6.09. The van der Waals surface area contributed by atoms with Crippen LogP contribution in [0.3, 0.4) is 0 Å². The third kappa shape index (κ3) is 3.06. The fraction of sp³-hybridized carbons (Fsp3) is 0.211. The van der Waals surface area contributed by atoms with Crippen molar-refractivity contribution in [1.82, 2.24) is 4.98 Å². The summed E-state index contributed by atoms with van der Waals surface area (Å²) in [5.41, 5.74) is 0.730. The number of aromatic nitrogens is 1. The van der Waals surface area contributed by atoms with Crippen molar-refractivity contribution in [1.29, 1.82) is 0 Å². The van der Waals surface area contributed by atoms with Crippen molar-refractivity contribution in [3.63, 3.8) is 0 Å². The molecule has 1 N–H and O–H groups in total. The molecule has 122 valence electrons. The fourth-order valence-electron chi connectivity index (χ4n) is 2.50. The van der Waals surface area contributed by atoms with Crippen molar-refractivity contribution in [3.05, 3.63) is 53.6 Å². The van der Waals surface area contributed by atoms with Gasteiger partial charge in [-0.15, -0.1) is 0 Å². The maximum atomic E-state index is 12.5. The number of nitrogens with zero attached hydrogens (tertiary/aromatic N) is 1. The topological polar surface area (TPSA) is 76.5 Å². The number of ether oxygens (including phenoxy) is 1. The molecule has 0 amide bonds. The predicted molar refractivity (Wildman–Crippen MR) is 91.4 cm³/mol. The number of hydrogen-bond acceptors (Lipinski definition) is 4. The molecule has 1 heterocycles. The van der Waals surface area contributed by atoms with Gasteiger partial charge in [-0.05, 0) is 45.0 Å². The molecule has 3 rings (SSSR count). The molecule has 5 heteroatoms. The summed E-state index contributed by atoms with van der Waals surface area (Å²) in [7, 11) is 0. The molecule has 0 saturated carbocycles. The summed E-state index contributed by atoms with van der Waals surface area (Å²) in [6.45, 7) is 5.30. The van der Waals surface area contributed by atoms with E-state index < -0.39 is 17.5 Å². The van der Waals surface area contributed by atoms with E-state index in [0.717, 1.165) is 10.9 Å². The highest BCUT2D eigenvalue weighted by Crippen LogP contribution is 2.26. The van der Waals surface area contributed by atoms with Gasteiger partial charge in [0.15, 0.2) is 0 Å². The van der Waals surface area contributed by atoms with Gasteiger partial charge in [0.25, 0.3) is 0 Å². The van der Waals surface area contributed by atoms with E-state index in [1.54, 1.807) is 20.8 Å². The van der Waals surface area contributed by atoms with E-state index >= 15 is 0 Å². The van der Waals surface area contributed by atoms with Crippen molar-refractivity contribution in [2.24, 2.45) is 0 Å². The van der Waals surface area contributed by atoms with Crippen LogP contribution in [-0.2, 0) is 4.74 Å². The molecule has 0 aliphatic carbocycles. The molecule has 0 aliphatic heterocycles. The minimum Gasteiger partial charge on any atom is -0.478 e. The van der Waals surface area contributed by atoms with Crippen LogP contribution < -0.4 is 0 Å². The van der Waals surface area contributed by atoms with E-state index in [0.29, 0.717) is 10.9 Å². The molecule has 0 radical (unpaired) electrons. The molecule has 24 heavy (non-hydrogen) atoms. The zero-order valence-corrected chi connectivity index (χ0v) is 13.7. The van der Waals surface area contributed by atoms with Crippen molar-refractivity contribution in [2.45, 2.75) is 26.4 Å². The van der Waals surface area contributed by atoms with E-state index in [-0.39, 0.29) is 11.1 Å². The number of pyridine rings is 1. The van der Waals surface area contributed by atoms with Crippen LogP contribution in [0.25, 0.3) is 21.8 Å². The first kappa shape index (κ1) is 15.9. The van der Waals surface area contributed by atoms with E-state index in [9.17, 15) is 14.7 Å². The number of hydrogen-bond donors (Lipinski definition) is 1. The first-order valence-electron chi connectivity index (χ1n) is 7.55. The van der Waals surface area contributed by atoms with Crippen molar-refractivity contribution < 1.29 is 19.4 Å². The van der Waals surface area contributed by atoms with Crippen LogP contribution in [0.15, 0.2) is 42.5 Å². The Morgan fingerprint density at radius 2 is 1.75 bits per heavy atom. The Morgan fingerprint density at radius 1 is 1.04 bits per heavy atom. The quantitative estimate of drug-likeness (QED) is 0.569. The zero-order valence-electron chi connectivity index (χ0n) is 13.7. The van der Waals surface area contributed by atoms with Gasteiger partial charge >= 0.3 is 11.9 Å². The van der Waals surface area contributed by atoms with Gasteiger partial charge in [0.2, 0.25) is 0 Å². The Balaban J connectivity index is 2.30. The first-order chi connectivity index (χ1) is 11.2. The van der Waals surface area contributed by atoms with Crippen molar-refractivity contribution in [2.75, 3.05) is 0 Å². The van der Waals surface area contributed by atoms with Crippen LogP contribution in [0.1, 0.15) is 41.5 Å². The molecule has 0 spiro atoms. The number of aromatic carboxylic acids is 1. The Hall–Kier alpha value is -2.95. The number of carboxylic acid groups (broad SMARTS) is 1. The normalized spacial score (nSPS) is 11.6. The summed E-state index contributed by atoms with van der Waals surface area (Å²) in [5.74, 6) is -1.68. The summed E-state index contributed by atoms with van der Waals surface area (Å²) in [5, 5.41) is 10.8. The lowest BCUT2D eigenvalue weighted by atomic mass is 10.0. The molecule has 0 saturated heterocycles. The minimum absolute atomic E-state index is 0.00569. The van der Waals surface area contributed by atoms with Gasteiger partial charge < -0.3 is 9.84 Å². The molecule has 0 aliphatic rings. The number of rotatable bonds is 2. The number of carbonyl (C=O) groups excluding carboxylic acids is 1. The monoisotopic (exact) mass is 323 g/mol. The number of fused-ring (bicyclic) bond motifs is 2. The molecule has 0 bridgehead atoms. The van der Waals surface area contributed by atoms with Gasteiger partial charge in [0.05, 0.1) is 22.2 Å². The first-order valence-corrected chi connectivity index (χ1v) is 7.55. The second kappa shape index (κ2) is 5.60. The molecule has 0 atom stereocenters. The number of para-hydroxylation sites is 1. The van der Waals surface area contributed by atoms with Gasteiger partial charge in [-0.1, -0.05) is 18.2 Å². The molecule has 5 nitrogen and oxygen atoms in total. The SMILES string of the molecule is CC(C)(C)OC(=O)c1cc(C(=O)O)cc2nc3ccccc3cc12. The number of carboxylic acids is 1. The van der Waals surface area contributed by atoms with E-state index in [1.807, 2.05) is 30.3 Å². The molecule has 3 aromatic rings. The van der Waals surface area contributed by atoms with Crippen molar-refractivity contribution >= 4 is 33.7 Å². The molecular weight excluding hydrogens is 306 g/mol. The summed E-state index contributed by atoms with van der Waals surface area (Å²) >= 11 is 0. The number of esters is 1. The lowest BCUT2D eigenvalue weighted by Gasteiger charge is -2.20. The smallest absolute Gasteiger partial charge is 0.339 e. The van der Waals surface area contributed by atoms with Gasteiger partial charge in [-0.25, -0.2) is 14.6 Å². The third-order valence-corrected chi connectivity index (χ3v) is 3.50. The second-order valence-electron chi connectivity index (χ2n) is 6.58. The highest BCUT2D eigenvalue weighted by Gasteiger charge is 2.22. The number of carbonyl (C=O) groups is 2. The van der Waals surface area contributed by atoms with Crippen LogP contribution in [0.4, 0.5) is 0 Å². The summed E-state index contributed by atoms with van der Waals surface area (Å²) in [6.07, 6.45) is 0. The Bertz CT molecular complexity index is 970.